The number of carbonyl (C=O) groups is 1. The fourth-order valence-corrected chi connectivity index (χ4v) is 3.23. The van der Waals surface area contributed by atoms with Gasteiger partial charge in [0.25, 0.3) is 0 Å². The Bertz CT molecular complexity index is 684. The second kappa shape index (κ2) is 8.15. The van der Waals surface area contributed by atoms with Crippen LogP contribution in [0.15, 0.2) is 47.1 Å². The molecule has 0 saturated heterocycles. The van der Waals surface area contributed by atoms with E-state index in [4.69, 9.17) is 0 Å². The number of rotatable bonds is 4. The summed E-state index contributed by atoms with van der Waals surface area (Å²) in [5.41, 5.74) is 1.83. The van der Waals surface area contributed by atoms with E-state index in [-0.39, 0.29) is 12.1 Å². The lowest BCUT2D eigenvalue weighted by Crippen LogP contribution is -2.39. The third-order valence-electron chi connectivity index (χ3n) is 4.10. The molecule has 2 amide bonds. The number of aromatic nitrogens is 1. The summed E-state index contributed by atoms with van der Waals surface area (Å²) >= 11 is 3.50. The molecule has 1 heterocycles. The van der Waals surface area contributed by atoms with E-state index >= 15 is 0 Å². The molecule has 1 aliphatic carbocycles. The van der Waals surface area contributed by atoms with Crippen molar-refractivity contribution in [2.75, 3.05) is 10.6 Å². The zero-order valence-electron chi connectivity index (χ0n) is 13.4. The summed E-state index contributed by atoms with van der Waals surface area (Å²) in [4.78, 5) is 16.3. The molecule has 3 N–H and O–H groups in total. The van der Waals surface area contributed by atoms with Crippen molar-refractivity contribution >= 4 is 39.2 Å². The summed E-state index contributed by atoms with van der Waals surface area (Å²) in [7, 11) is 0. The summed E-state index contributed by atoms with van der Waals surface area (Å²) in [6.07, 6.45) is 7.49. The molecule has 1 saturated carbocycles. The van der Waals surface area contributed by atoms with E-state index in [9.17, 15) is 4.79 Å². The molecule has 0 bridgehead atoms. The molecule has 0 radical (unpaired) electrons. The average Bonchev–Trinajstić information content (AvgIpc) is 2.59. The molecule has 0 atom stereocenters. The number of halogens is 1. The van der Waals surface area contributed by atoms with Gasteiger partial charge in [-0.25, -0.2) is 9.78 Å². The first kappa shape index (κ1) is 16.8. The lowest BCUT2D eigenvalue weighted by Gasteiger charge is -2.22. The van der Waals surface area contributed by atoms with Crippen LogP contribution in [0.5, 0.6) is 0 Å². The van der Waals surface area contributed by atoms with Crippen LogP contribution in [0.25, 0.3) is 0 Å². The third kappa shape index (κ3) is 4.71. The van der Waals surface area contributed by atoms with E-state index in [1.807, 2.05) is 30.3 Å². The molecular formula is C18H21BrN4O. The molecule has 2 aromatic rings. The van der Waals surface area contributed by atoms with Crippen LogP contribution < -0.4 is 16.0 Å². The van der Waals surface area contributed by atoms with E-state index < -0.39 is 0 Å². The Morgan fingerprint density at radius 2 is 1.88 bits per heavy atom. The van der Waals surface area contributed by atoms with Crippen LogP contribution in [-0.2, 0) is 0 Å². The van der Waals surface area contributed by atoms with Crippen molar-refractivity contribution in [1.29, 1.82) is 0 Å². The van der Waals surface area contributed by atoms with Gasteiger partial charge in [0.05, 0.1) is 17.6 Å². The maximum absolute atomic E-state index is 12.0. The highest BCUT2D eigenvalue weighted by Crippen LogP contribution is 2.25. The number of hydrogen-bond acceptors (Lipinski definition) is 3. The van der Waals surface area contributed by atoms with Crippen LogP contribution in [0.4, 0.5) is 22.0 Å². The van der Waals surface area contributed by atoms with E-state index in [1.165, 1.54) is 19.3 Å². The molecule has 6 heteroatoms. The van der Waals surface area contributed by atoms with Gasteiger partial charge in [-0.05, 0) is 53.0 Å². The quantitative estimate of drug-likeness (QED) is 0.686. The first-order valence-corrected chi connectivity index (χ1v) is 9.05. The highest BCUT2D eigenvalue weighted by Gasteiger charge is 2.15. The van der Waals surface area contributed by atoms with Gasteiger partial charge in [-0.15, -0.1) is 0 Å². The lowest BCUT2D eigenvalue weighted by atomic mass is 9.96. The molecule has 126 valence electrons. The van der Waals surface area contributed by atoms with Crippen LogP contribution in [0.3, 0.4) is 0 Å². The topological polar surface area (TPSA) is 66.0 Å². The van der Waals surface area contributed by atoms with E-state index in [0.717, 1.165) is 28.7 Å². The predicted octanol–water partition coefficient (Wildman–Crippen LogP) is 5.04. The Balaban J connectivity index is 1.54. The molecule has 1 aromatic carbocycles. The number of para-hydroxylation sites is 1. The molecular weight excluding hydrogens is 368 g/mol. The van der Waals surface area contributed by atoms with Gasteiger partial charge in [-0.2, -0.15) is 0 Å². The van der Waals surface area contributed by atoms with Crippen molar-refractivity contribution in [2.24, 2.45) is 0 Å². The van der Waals surface area contributed by atoms with Gasteiger partial charge < -0.3 is 10.6 Å². The van der Waals surface area contributed by atoms with Gasteiger partial charge in [0.15, 0.2) is 0 Å². The van der Waals surface area contributed by atoms with Crippen LogP contribution >= 0.6 is 15.9 Å². The number of anilines is 3. The van der Waals surface area contributed by atoms with Crippen molar-refractivity contribution in [2.45, 2.75) is 38.1 Å². The monoisotopic (exact) mass is 388 g/mol. The van der Waals surface area contributed by atoms with Crippen LogP contribution in [0.1, 0.15) is 32.1 Å². The number of pyridine rings is 1. The Hall–Kier alpha value is -2.08. The van der Waals surface area contributed by atoms with Crippen LogP contribution in [-0.4, -0.2) is 17.1 Å². The fourth-order valence-electron chi connectivity index (χ4n) is 2.84. The molecule has 0 spiro atoms. The lowest BCUT2D eigenvalue weighted by molar-refractivity contribution is 0.244. The minimum atomic E-state index is -0.180. The summed E-state index contributed by atoms with van der Waals surface area (Å²) in [5, 5.41) is 9.09. The van der Waals surface area contributed by atoms with Gasteiger partial charge in [-0.1, -0.05) is 31.4 Å². The Labute approximate surface area is 150 Å². The average molecular weight is 389 g/mol. The summed E-state index contributed by atoms with van der Waals surface area (Å²) in [6.45, 7) is 0. The first-order chi connectivity index (χ1) is 11.7. The molecule has 0 aliphatic heterocycles. The van der Waals surface area contributed by atoms with E-state index in [2.05, 4.69) is 36.9 Å². The van der Waals surface area contributed by atoms with Gasteiger partial charge in [0, 0.05) is 10.5 Å². The number of urea groups is 1. The molecule has 3 rings (SSSR count). The Kier molecular flexibility index (Phi) is 5.69. The Morgan fingerprint density at radius 1 is 1.08 bits per heavy atom. The van der Waals surface area contributed by atoms with Gasteiger partial charge in [0.2, 0.25) is 0 Å². The van der Waals surface area contributed by atoms with Gasteiger partial charge in [-0.3, -0.25) is 5.32 Å². The van der Waals surface area contributed by atoms with E-state index in [1.54, 1.807) is 12.3 Å². The molecule has 1 aromatic heterocycles. The maximum atomic E-state index is 12.0. The smallest absolute Gasteiger partial charge is 0.320 e. The van der Waals surface area contributed by atoms with Crippen molar-refractivity contribution in [3.63, 3.8) is 0 Å². The number of nitrogens with one attached hydrogen (secondary N) is 3. The molecule has 0 unspecified atom stereocenters. The van der Waals surface area contributed by atoms with Crippen LogP contribution in [0, 0.1) is 0 Å². The number of nitrogens with zero attached hydrogens (tertiary/aromatic N) is 1. The summed E-state index contributed by atoms with van der Waals surface area (Å²) in [5.74, 6) is 0.543. The normalized spacial score (nSPS) is 14.9. The van der Waals surface area contributed by atoms with Crippen molar-refractivity contribution in [1.82, 2.24) is 10.3 Å². The SMILES string of the molecule is O=C(Nc1ccc(Nc2ccccc2Br)cn1)NC1CCCCC1. The zero-order chi connectivity index (χ0) is 16.8. The number of carbonyl (C=O) groups excluding carboxylic acids is 1. The Morgan fingerprint density at radius 3 is 2.58 bits per heavy atom. The minimum absolute atomic E-state index is 0.180. The fraction of sp³-hybridized carbons (Fsp3) is 0.333. The third-order valence-corrected chi connectivity index (χ3v) is 4.79. The second-order valence-corrected chi connectivity index (χ2v) is 6.82. The van der Waals surface area contributed by atoms with Crippen molar-refractivity contribution < 1.29 is 4.79 Å². The molecule has 1 aliphatic rings. The minimum Gasteiger partial charge on any atom is -0.353 e. The molecule has 5 nitrogen and oxygen atoms in total. The highest BCUT2D eigenvalue weighted by atomic mass is 79.9. The number of hydrogen-bond donors (Lipinski definition) is 3. The van der Waals surface area contributed by atoms with Crippen molar-refractivity contribution in [3.8, 4) is 0 Å². The van der Waals surface area contributed by atoms with Crippen molar-refractivity contribution in [3.05, 3.63) is 47.1 Å². The predicted molar refractivity (Wildman–Crippen MR) is 101 cm³/mol. The maximum Gasteiger partial charge on any atom is 0.320 e. The molecule has 24 heavy (non-hydrogen) atoms. The van der Waals surface area contributed by atoms with Gasteiger partial charge in [0.1, 0.15) is 5.82 Å². The van der Waals surface area contributed by atoms with E-state index in [0.29, 0.717) is 5.82 Å². The zero-order valence-corrected chi connectivity index (χ0v) is 15.0. The standard InChI is InChI=1S/C18H21BrN4O/c19-15-8-4-5-9-16(15)21-14-10-11-17(20-12-14)23-18(24)22-13-6-2-1-3-7-13/h4-5,8-13,21H,1-3,6-7H2,(H2,20,22,23,24). The second-order valence-electron chi connectivity index (χ2n) is 5.97. The summed E-state index contributed by atoms with van der Waals surface area (Å²) in [6, 6.07) is 11.7. The first-order valence-electron chi connectivity index (χ1n) is 8.26. The highest BCUT2D eigenvalue weighted by molar-refractivity contribution is 9.10. The number of benzene rings is 1. The largest absolute Gasteiger partial charge is 0.353 e. The summed E-state index contributed by atoms with van der Waals surface area (Å²) < 4.78 is 0.985. The van der Waals surface area contributed by atoms with Crippen LogP contribution in [0.2, 0.25) is 0 Å². The van der Waals surface area contributed by atoms with Gasteiger partial charge >= 0.3 is 6.03 Å². The number of amides is 2. The molecule has 1 fully saturated rings.